The van der Waals surface area contributed by atoms with E-state index in [4.69, 9.17) is 21.1 Å². The quantitative estimate of drug-likeness (QED) is 0.837. The first-order valence-corrected chi connectivity index (χ1v) is 8.28. The number of ether oxygens (including phenoxy) is 2. The van der Waals surface area contributed by atoms with E-state index in [9.17, 15) is 4.79 Å². The molecule has 0 aliphatic carbocycles. The number of anilines is 1. The highest BCUT2D eigenvalue weighted by atomic mass is 35.5. The van der Waals surface area contributed by atoms with Crippen LogP contribution in [-0.2, 0) is 4.79 Å². The highest BCUT2D eigenvalue weighted by Gasteiger charge is 2.23. The summed E-state index contributed by atoms with van der Waals surface area (Å²) in [5.74, 6) is 1.11. The lowest BCUT2D eigenvalue weighted by Crippen LogP contribution is -2.30. The van der Waals surface area contributed by atoms with Gasteiger partial charge in [-0.3, -0.25) is 4.79 Å². The first-order chi connectivity index (χ1) is 11.5. The van der Waals surface area contributed by atoms with Gasteiger partial charge in [0.1, 0.15) is 13.2 Å². The summed E-state index contributed by atoms with van der Waals surface area (Å²) < 4.78 is 11.1. The molecule has 0 N–H and O–H groups in total. The molecule has 2 aromatic carbocycles. The summed E-state index contributed by atoms with van der Waals surface area (Å²) in [6, 6.07) is 11.3. The number of likely N-dealkylation sites (N-methyl/N-ethyl adjacent to an activating group) is 1. The highest BCUT2D eigenvalue weighted by molar-refractivity contribution is 6.31. The van der Waals surface area contributed by atoms with Crippen LogP contribution in [0.15, 0.2) is 36.4 Å². The molecule has 1 atom stereocenters. The Balaban J connectivity index is 1.82. The summed E-state index contributed by atoms with van der Waals surface area (Å²) in [7, 11) is 1.76. The molecule has 4 nitrogen and oxygen atoms in total. The Morgan fingerprint density at radius 1 is 1.12 bits per heavy atom. The van der Waals surface area contributed by atoms with E-state index in [1.165, 1.54) is 0 Å². The fourth-order valence-corrected chi connectivity index (χ4v) is 2.85. The monoisotopic (exact) mass is 345 g/mol. The number of benzene rings is 2. The maximum Gasteiger partial charge on any atom is 0.233 e. The Bertz CT molecular complexity index is 775. The topological polar surface area (TPSA) is 38.8 Å². The van der Waals surface area contributed by atoms with E-state index in [2.05, 4.69) is 0 Å². The van der Waals surface area contributed by atoms with Gasteiger partial charge in [0, 0.05) is 17.8 Å². The van der Waals surface area contributed by atoms with E-state index in [1.807, 2.05) is 50.2 Å². The minimum absolute atomic E-state index is 0.00778. The number of amides is 1. The second kappa shape index (κ2) is 6.73. The second-order valence-electron chi connectivity index (χ2n) is 5.96. The normalized spacial score (nSPS) is 14.2. The van der Waals surface area contributed by atoms with Crippen LogP contribution in [0.5, 0.6) is 11.5 Å². The molecular weight excluding hydrogens is 326 g/mol. The van der Waals surface area contributed by atoms with Crippen molar-refractivity contribution < 1.29 is 14.3 Å². The predicted molar refractivity (Wildman–Crippen MR) is 95.4 cm³/mol. The van der Waals surface area contributed by atoms with Gasteiger partial charge in [-0.25, -0.2) is 0 Å². The highest BCUT2D eigenvalue weighted by Crippen LogP contribution is 2.34. The lowest BCUT2D eigenvalue weighted by molar-refractivity contribution is -0.119. The van der Waals surface area contributed by atoms with Crippen molar-refractivity contribution in [2.24, 2.45) is 0 Å². The van der Waals surface area contributed by atoms with Gasteiger partial charge in [0.05, 0.1) is 5.92 Å². The Morgan fingerprint density at radius 3 is 2.54 bits per heavy atom. The fraction of sp³-hybridized carbons (Fsp3) is 0.316. The van der Waals surface area contributed by atoms with E-state index >= 15 is 0 Å². The summed E-state index contributed by atoms with van der Waals surface area (Å²) in [5.41, 5.74) is 2.66. The number of fused-ring (bicyclic) bond motifs is 1. The van der Waals surface area contributed by atoms with Crippen LogP contribution in [0.3, 0.4) is 0 Å². The van der Waals surface area contributed by atoms with Crippen molar-refractivity contribution in [3.8, 4) is 11.5 Å². The zero-order valence-electron chi connectivity index (χ0n) is 14.0. The molecule has 1 aliphatic heterocycles. The Kier molecular flexibility index (Phi) is 4.67. The first-order valence-electron chi connectivity index (χ1n) is 7.90. The molecular formula is C19H20ClNO3. The maximum atomic E-state index is 12.8. The van der Waals surface area contributed by atoms with Gasteiger partial charge in [-0.1, -0.05) is 23.7 Å². The number of nitrogens with zero attached hydrogens (tertiary/aromatic N) is 1. The molecule has 0 saturated carbocycles. The van der Waals surface area contributed by atoms with E-state index in [1.54, 1.807) is 11.9 Å². The van der Waals surface area contributed by atoms with Crippen LogP contribution in [-0.4, -0.2) is 26.2 Å². The molecule has 1 heterocycles. The number of hydrogen-bond acceptors (Lipinski definition) is 3. The van der Waals surface area contributed by atoms with Gasteiger partial charge < -0.3 is 14.4 Å². The largest absolute Gasteiger partial charge is 0.486 e. The molecule has 0 saturated heterocycles. The Labute approximate surface area is 146 Å². The molecule has 0 bridgehead atoms. The lowest BCUT2D eigenvalue weighted by Gasteiger charge is -2.24. The number of rotatable bonds is 3. The molecule has 3 rings (SSSR count). The van der Waals surface area contributed by atoms with Crippen molar-refractivity contribution in [3.05, 3.63) is 52.5 Å². The van der Waals surface area contributed by atoms with Crippen molar-refractivity contribution >= 4 is 23.2 Å². The average molecular weight is 346 g/mol. The van der Waals surface area contributed by atoms with E-state index in [0.29, 0.717) is 24.0 Å². The smallest absolute Gasteiger partial charge is 0.233 e. The molecule has 24 heavy (non-hydrogen) atoms. The van der Waals surface area contributed by atoms with Crippen LogP contribution in [0.25, 0.3) is 0 Å². The Morgan fingerprint density at radius 2 is 1.83 bits per heavy atom. The van der Waals surface area contributed by atoms with Crippen LogP contribution in [0.1, 0.15) is 24.0 Å². The van der Waals surface area contributed by atoms with Crippen molar-refractivity contribution in [2.75, 3.05) is 25.2 Å². The minimum atomic E-state index is -0.300. The van der Waals surface area contributed by atoms with Crippen molar-refractivity contribution in [2.45, 2.75) is 19.8 Å². The molecule has 0 radical (unpaired) electrons. The van der Waals surface area contributed by atoms with Gasteiger partial charge in [0.15, 0.2) is 11.5 Å². The summed E-state index contributed by atoms with van der Waals surface area (Å²) >= 11 is 6.17. The third-order valence-corrected chi connectivity index (χ3v) is 4.72. The average Bonchev–Trinajstić information content (AvgIpc) is 2.61. The zero-order valence-corrected chi connectivity index (χ0v) is 14.8. The molecule has 0 aromatic heterocycles. The van der Waals surface area contributed by atoms with Crippen molar-refractivity contribution in [1.82, 2.24) is 0 Å². The van der Waals surface area contributed by atoms with Crippen LogP contribution in [0.2, 0.25) is 5.02 Å². The van der Waals surface area contributed by atoms with Crippen LogP contribution in [0, 0.1) is 6.92 Å². The standard InChI is InChI=1S/C19H20ClNO3/c1-12-4-6-15(11-16(12)20)21(3)19(22)13(2)14-5-7-17-18(10-14)24-9-8-23-17/h4-7,10-11,13H,8-9H2,1-3H3. The summed E-state index contributed by atoms with van der Waals surface area (Å²) in [5, 5.41) is 0.652. The molecule has 2 aromatic rings. The minimum Gasteiger partial charge on any atom is -0.486 e. The van der Waals surface area contributed by atoms with Crippen LogP contribution < -0.4 is 14.4 Å². The number of carbonyl (C=O) groups excluding carboxylic acids is 1. The lowest BCUT2D eigenvalue weighted by atomic mass is 9.99. The zero-order chi connectivity index (χ0) is 17.3. The van der Waals surface area contributed by atoms with E-state index in [0.717, 1.165) is 22.6 Å². The van der Waals surface area contributed by atoms with Gasteiger partial charge >= 0.3 is 0 Å². The SMILES string of the molecule is Cc1ccc(N(C)C(=O)C(C)c2ccc3c(c2)OCCO3)cc1Cl. The van der Waals surface area contributed by atoms with Gasteiger partial charge in [-0.2, -0.15) is 0 Å². The molecule has 126 valence electrons. The third-order valence-electron chi connectivity index (χ3n) is 4.31. The van der Waals surface area contributed by atoms with E-state index in [-0.39, 0.29) is 11.8 Å². The van der Waals surface area contributed by atoms with Crippen molar-refractivity contribution in [1.29, 1.82) is 0 Å². The van der Waals surface area contributed by atoms with Crippen LogP contribution in [0.4, 0.5) is 5.69 Å². The van der Waals surface area contributed by atoms with E-state index < -0.39 is 0 Å². The van der Waals surface area contributed by atoms with Gasteiger partial charge in [0.25, 0.3) is 0 Å². The number of halogens is 1. The van der Waals surface area contributed by atoms with Gasteiger partial charge in [-0.15, -0.1) is 0 Å². The van der Waals surface area contributed by atoms with Crippen molar-refractivity contribution in [3.63, 3.8) is 0 Å². The predicted octanol–water partition coefficient (Wildman–Crippen LogP) is 4.19. The Hall–Kier alpha value is -2.20. The third kappa shape index (κ3) is 3.20. The van der Waals surface area contributed by atoms with Gasteiger partial charge in [0.2, 0.25) is 5.91 Å². The fourth-order valence-electron chi connectivity index (χ4n) is 2.68. The molecule has 5 heteroatoms. The summed E-state index contributed by atoms with van der Waals surface area (Å²) in [4.78, 5) is 14.5. The first kappa shape index (κ1) is 16.7. The molecule has 1 amide bonds. The number of aryl methyl sites for hydroxylation is 1. The molecule has 0 fully saturated rings. The molecule has 0 spiro atoms. The molecule has 1 unspecified atom stereocenters. The van der Waals surface area contributed by atoms with Gasteiger partial charge in [-0.05, 0) is 49.2 Å². The molecule has 1 aliphatic rings. The second-order valence-corrected chi connectivity index (χ2v) is 6.36. The summed E-state index contributed by atoms with van der Waals surface area (Å²) in [6.07, 6.45) is 0. The number of carbonyl (C=O) groups is 1. The maximum absolute atomic E-state index is 12.8. The number of hydrogen-bond donors (Lipinski definition) is 0. The van der Waals surface area contributed by atoms with Crippen LogP contribution >= 0.6 is 11.6 Å². The summed E-state index contributed by atoms with van der Waals surface area (Å²) in [6.45, 7) is 4.91.